The monoisotopic (exact) mass is 319 g/mol. The number of benzene rings is 1. The van der Waals surface area contributed by atoms with E-state index in [0.29, 0.717) is 15.6 Å². The third-order valence-corrected chi connectivity index (χ3v) is 2.67. The quantitative estimate of drug-likeness (QED) is 0.299. The van der Waals surface area contributed by atoms with Gasteiger partial charge in [-0.05, 0) is 37.6 Å². The number of hydrazine groups is 2. The number of hydrogen-bond donors (Lipinski definition) is 5. The summed E-state index contributed by atoms with van der Waals surface area (Å²) in [6, 6.07) is 4.58. The molecule has 0 aliphatic carbocycles. The fourth-order valence-corrected chi connectivity index (χ4v) is 1.54. The summed E-state index contributed by atoms with van der Waals surface area (Å²) in [4.78, 5) is 21.9. The second-order valence-electron chi connectivity index (χ2n) is 4.46. The minimum absolute atomic E-state index is 0.131. The molecule has 9 N–H and O–H groups in total. The van der Waals surface area contributed by atoms with Crippen LogP contribution in [-0.2, 0) is 0 Å². The number of aromatic nitrogens is 2. The van der Waals surface area contributed by atoms with Gasteiger partial charge >= 0.3 is 12.1 Å². The number of H-pyrrole nitrogens is 1. The molecular weight excluding hydrogens is 300 g/mol. The molecule has 1 aromatic heterocycles. The second-order valence-corrected chi connectivity index (χ2v) is 4.46. The van der Waals surface area contributed by atoms with Gasteiger partial charge in [0.2, 0.25) is 0 Å². The van der Waals surface area contributed by atoms with Crippen LogP contribution in [0.4, 0.5) is 21.0 Å². The zero-order chi connectivity index (χ0) is 17.6. The number of aryl methyl sites for hydroxylation is 1. The van der Waals surface area contributed by atoms with E-state index in [4.69, 9.17) is 23.2 Å². The first-order chi connectivity index (χ1) is 10.7. The topological polar surface area (TPSA) is 173 Å². The van der Waals surface area contributed by atoms with Gasteiger partial charge in [0, 0.05) is 6.20 Å². The number of hydrogen-bond acceptors (Lipinski definition) is 5. The highest BCUT2D eigenvalue weighted by Gasteiger charge is 2.18. The van der Waals surface area contributed by atoms with E-state index in [1.54, 1.807) is 12.3 Å². The second kappa shape index (κ2) is 7.77. The van der Waals surface area contributed by atoms with Crippen molar-refractivity contribution in [3.05, 3.63) is 48.6 Å². The summed E-state index contributed by atoms with van der Waals surface area (Å²) in [6.07, 6.45) is 1.80. The van der Waals surface area contributed by atoms with Gasteiger partial charge in [-0.1, -0.05) is 6.07 Å². The number of primary amides is 2. The number of carbonyl (C=O) groups is 2. The summed E-state index contributed by atoms with van der Waals surface area (Å²) in [5.74, 6) is 10.9. The molecule has 1 radical (unpaired) electrons. The smallest absolute Gasteiger partial charge is 0.333 e. The minimum atomic E-state index is -0.908. The molecule has 23 heavy (non-hydrogen) atoms. The van der Waals surface area contributed by atoms with E-state index in [2.05, 4.69) is 17.1 Å². The van der Waals surface area contributed by atoms with Crippen molar-refractivity contribution < 1.29 is 9.59 Å². The van der Waals surface area contributed by atoms with Crippen LogP contribution in [0.2, 0.25) is 0 Å². The lowest BCUT2D eigenvalue weighted by Crippen LogP contribution is -2.46. The van der Waals surface area contributed by atoms with Crippen molar-refractivity contribution in [2.45, 2.75) is 6.92 Å². The Hall–Kier alpha value is -3.11. The van der Waals surface area contributed by atoms with Gasteiger partial charge in [-0.15, -0.1) is 0 Å². The first-order valence-electron chi connectivity index (χ1n) is 6.35. The molecule has 2 aromatic rings. The minimum Gasteiger partial charge on any atom is -0.350 e. The number of anilines is 2. The number of amides is 4. The average molecular weight is 319 g/mol. The Morgan fingerprint density at radius 1 is 1.09 bits per heavy atom. The molecule has 2 rings (SSSR count). The molecule has 10 nitrogen and oxygen atoms in total. The maximum atomic E-state index is 11.0. The first-order valence-corrected chi connectivity index (χ1v) is 6.35. The Labute approximate surface area is 132 Å². The zero-order valence-corrected chi connectivity index (χ0v) is 12.6. The average Bonchev–Trinajstić information content (AvgIpc) is 2.97. The molecule has 4 amide bonds. The van der Waals surface area contributed by atoms with Crippen molar-refractivity contribution >= 4 is 23.4 Å². The fraction of sp³-hybridized carbons (Fsp3) is 0.0769. The van der Waals surface area contributed by atoms with E-state index < -0.39 is 12.1 Å². The molecule has 0 spiro atoms. The van der Waals surface area contributed by atoms with Crippen LogP contribution in [0.1, 0.15) is 11.3 Å². The van der Waals surface area contributed by atoms with Crippen LogP contribution in [0.15, 0.2) is 30.5 Å². The highest BCUT2D eigenvalue weighted by Crippen LogP contribution is 2.27. The largest absolute Gasteiger partial charge is 0.350 e. The first kappa shape index (κ1) is 17.9. The van der Waals surface area contributed by atoms with E-state index in [-0.39, 0.29) is 11.4 Å². The summed E-state index contributed by atoms with van der Waals surface area (Å²) in [5, 5.41) is 7.77. The van der Waals surface area contributed by atoms with Gasteiger partial charge < -0.3 is 11.5 Å². The fourth-order valence-electron chi connectivity index (χ4n) is 1.54. The molecule has 0 unspecified atom stereocenters. The van der Waals surface area contributed by atoms with Gasteiger partial charge in [-0.2, -0.15) is 5.10 Å². The molecule has 0 bridgehead atoms. The number of aromatic amines is 1. The van der Waals surface area contributed by atoms with Crippen molar-refractivity contribution in [3.63, 3.8) is 0 Å². The molecule has 0 saturated heterocycles. The van der Waals surface area contributed by atoms with Gasteiger partial charge in [0.15, 0.2) is 0 Å². The van der Waals surface area contributed by atoms with Gasteiger partial charge in [0.25, 0.3) is 0 Å². The highest BCUT2D eigenvalue weighted by molar-refractivity contribution is 5.99. The maximum absolute atomic E-state index is 11.0. The molecule has 1 heterocycles. The van der Waals surface area contributed by atoms with Gasteiger partial charge in [-0.3, -0.25) is 5.10 Å². The third kappa shape index (κ3) is 4.98. The molecule has 1 aromatic carbocycles. The summed E-state index contributed by atoms with van der Waals surface area (Å²) in [5.41, 5.74) is 11.9. The molecular formula is C13H19N8O2. The lowest BCUT2D eigenvalue weighted by Gasteiger charge is -2.22. The molecule has 0 aliphatic heterocycles. The zero-order valence-electron chi connectivity index (χ0n) is 12.6. The van der Waals surface area contributed by atoms with Gasteiger partial charge in [0.1, 0.15) is 0 Å². The Balaban J connectivity index is 0.000000366. The summed E-state index contributed by atoms with van der Waals surface area (Å²) >= 11 is 0. The Morgan fingerprint density at radius 2 is 1.65 bits per heavy atom. The van der Waals surface area contributed by atoms with Crippen molar-refractivity contribution in [1.29, 1.82) is 0 Å². The Bertz CT molecular complexity index is 671. The molecule has 123 valence electrons. The van der Waals surface area contributed by atoms with Crippen LogP contribution >= 0.6 is 0 Å². The molecule has 10 heteroatoms. The predicted molar refractivity (Wildman–Crippen MR) is 86.7 cm³/mol. The van der Waals surface area contributed by atoms with Crippen LogP contribution in [0.5, 0.6) is 0 Å². The summed E-state index contributed by atoms with van der Waals surface area (Å²) in [6.45, 7) is 5.60. The van der Waals surface area contributed by atoms with Crippen LogP contribution < -0.4 is 33.2 Å². The lowest BCUT2D eigenvalue weighted by molar-refractivity contribution is 0.252. The number of nitrogens with one attached hydrogen (secondary N) is 1. The van der Waals surface area contributed by atoms with E-state index in [0.717, 1.165) is 5.69 Å². The predicted octanol–water partition coefficient (Wildman–Crippen LogP) is 0.105. The lowest BCUT2D eigenvalue weighted by atomic mass is 10.2. The number of nitrogens with two attached hydrogens (primary N) is 4. The van der Waals surface area contributed by atoms with E-state index in [9.17, 15) is 9.59 Å². The Kier molecular flexibility index (Phi) is 6.06. The number of carbonyl (C=O) groups excluding carboxylic acids is 2. The summed E-state index contributed by atoms with van der Waals surface area (Å²) in [7, 11) is 0. The van der Waals surface area contributed by atoms with Crippen LogP contribution in [0.25, 0.3) is 0 Å². The molecule has 0 saturated carbocycles. The normalized spacial score (nSPS) is 9.57. The van der Waals surface area contributed by atoms with E-state index >= 15 is 0 Å². The van der Waals surface area contributed by atoms with Crippen molar-refractivity contribution in [3.8, 4) is 0 Å². The Morgan fingerprint density at radius 3 is 2.04 bits per heavy atom. The van der Waals surface area contributed by atoms with Crippen LogP contribution in [-0.4, -0.2) is 22.3 Å². The van der Waals surface area contributed by atoms with Crippen molar-refractivity contribution in [2.75, 3.05) is 10.0 Å². The number of urea groups is 2. The summed E-state index contributed by atoms with van der Waals surface area (Å²) < 4.78 is 0. The van der Waals surface area contributed by atoms with Crippen molar-refractivity contribution in [2.24, 2.45) is 23.2 Å². The highest BCUT2D eigenvalue weighted by atomic mass is 16.2. The van der Waals surface area contributed by atoms with E-state index in [1.165, 1.54) is 12.1 Å². The van der Waals surface area contributed by atoms with Crippen molar-refractivity contribution in [1.82, 2.24) is 10.2 Å². The number of nitrogens with zero attached hydrogens (tertiary/aromatic N) is 3. The van der Waals surface area contributed by atoms with Crippen LogP contribution in [0, 0.1) is 13.8 Å². The molecule has 0 atom stereocenters. The standard InChI is InChI=1S/C9H13N6O2.C4H6N2/c1-5-2-3-6(14(12)8(10)16)7(4-5)15(13)9(11)17;1-4-2-3-5-6-4/h2-4H,1,12-13H2,(H2,10,16)(H2,11,17);2-3H,1H3,(H,5,6). The number of rotatable bonds is 2. The third-order valence-electron chi connectivity index (χ3n) is 2.67. The molecule has 0 aliphatic rings. The maximum Gasteiger partial charge on any atom is 0.333 e. The molecule has 0 fully saturated rings. The van der Waals surface area contributed by atoms with Crippen LogP contribution in [0.3, 0.4) is 0 Å². The van der Waals surface area contributed by atoms with Gasteiger partial charge in [0.05, 0.1) is 17.1 Å². The van der Waals surface area contributed by atoms with Gasteiger partial charge in [-0.25, -0.2) is 31.3 Å². The SMILES string of the molecule is Cc1cc[nH]n1.[CH2]c1ccc(N(N)C(N)=O)c(N(N)C(N)=O)c1. The van der Waals surface area contributed by atoms with E-state index in [1.807, 2.05) is 13.0 Å².